The number of methoxy groups -OCH3 is 1. The summed E-state index contributed by atoms with van der Waals surface area (Å²) in [6, 6.07) is 11.0. The maximum absolute atomic E-state index is 13.2. The van der Waals surface area contributed by atoms with Crippen LogP contribution in [0.4, 0.5) is 24.5 Å². The van der Waals surface area contributed by atoms with Crippen molar-refractivity contribution in [3.05, 3.63) is 53.6 Å². The van der Waals surface area contributed by atoms with Gasteiger partial charge in [0.15, 0.2) is 6.54 Å². The van der Waals surface area contributed by atoms with Crippen LogP contribution in [0.25, 0.3) is 0 Å². The summed E-state index contributed by atoms with van der Waals surface area (Å²) in [4.78, 5) is 15.5. The summed E-state index contributed by atoms with van der Waals surface area (Å²) in [5.41, 5.74) is 0.872. The monoisotopic (exact) mass is 438 g/mol. The van der Waals surface area contributed by atoms with E-state index in [1.165, 1.54) is 6.07 Å². The van der Waals surface area contributed by atoms with E-state index in [0.717, 1.165) is 28.3 Å². The van der Waals surface area contributed by atoms with Gasteiger partial charge in [0.2, 0.25) is 0 Å². The number of rotatable bonds is 7. The molecule has 0 saturated carbocycles. The lowest BCUT2D eigenvalue weighted by Gasteiger charge is -2.31. The lowest BCUT2D eigenvalue weighted by Crippen LogP contribution is -3.08. The van der Waals surface area contributed by atoms with Crippen LogP contribution in [0.15, 0.2) is 42.5 Å². The third-order valence-corrected chi connectivity index (χ3v) is 5.10. The van der Waals surface area contributed by atoms with Crippen molar-refractivity contribution in [1.82, 2.24) is 0 Å². The second-order valence-corrected chi connectivity index (χ2v) is 7.50. The first-order chi connectivity index (χ1) is 14.8. The quantitative estimate of drug-likeness (QED) is 0.696. The van der Waals surface area contributed by atoms with Crippen molar-refractivity contribution in [1.29, 1.82) is 0 Å². The van der Waals surface area contributed by atoms with Gasteiger partial charge in [-0.1, -0.05) is 12.1 Å². The molecule has 0 aliphatic carbocycles. The third-order valence-electron chi connectivity index (χ3n) is 5.10. The van der Waals surface area contributed by atoms with Crippen molar-refractivity contribution in [3.63, 3.8) is 0 Å². The maximum Gasteiger partial charge on any atom is 0.416 e. The summed E-state index contributed by atoms with van der Waals surface area (Å²) >= 11 is 0. The zero-order chi connectivity index (χ0) is 22.4. The number of benzene rings is 2. The highest BCUT2D eigenvalue weighted by molar-refractivity contribution is 5.95. The number of alkyl halides is 3. The first-order valence-corrected chi connectivity index (χ1v) is 10.0. The van der Waals surface area contributed by atoms with Gasteiger partial charge < -0.3 is 24.6 Å². The molecule has 0 aromatic heterocycles. The molecule has 1 atom stereocenters. The van der Waals surface area contributed by atoms with Crippen LogP contribution in [0.1, 0.15) is 11.1 Å². The maximum atomic E-state index is 13.2. The van der Waals surface area contributed by atoms with Crippen LogP contribution in [-0.4, -0.2) is 52.9 Å². The molecule has 1 amide bonds. The predicted molar refractivity (Wildman–Crippen MR) is 112 cm³/mol. The van der Waals surface area contributed by atoms with Crippen LogP contribution in [0.5, 0.6) is 5.75 Å². The molecule has 1 aliphatic heterocycles. The van der Waals surface area contributed by atoms with Gasteiger partial charge in [0.1, 0.15) is 12.3 Å². The SMILES string of the molecule is COc1ccccc1C[NH+](C)CC(=O)Nc1cc(C(F)(F)F)ccc1N1CCOCC1. The van der Waals surface area contributed by atoms with E-state index >= 15 is 0 Å². The Morgan fingerprint density at radius 2 is 1.90 bits per heavy atom. The highest BCUT2D eigenvalue weighted by Crippen LogP contribution is 2.35. The molecule has 1 unspecified atom stereocenters. The minimum atomic E-state index is -4.49. The average Bonchev–Trinajstić information content (AvgIpc) is 2.74. The second-order valence-electron chi connectivity index (χ2n) is 7.50. The fraction of sp³-hybridized carbons (Fsp3) is 0.409. The zero-order valence-corrected chi connectivity index (χ0v) is 17.6. The van der Waals surface area contributed by atoms with Gasteiger partial charge in [-0.25, -0.2) is 0 Å². The number of carbonyl (C=O) groups is 1. The highest BCUT2D eigenvalue weighted by Gasteiger charge is 2.32. The van der Waals surface area contributed by atoms with E-state index in [1.807, 2.05) is 36.2 Å². The standard InChI is InChI=1S/C22H26F3N3O3/c1-27(14-16-5-3-4-6-20(16)30-2)15-21(29)26-18-13-17(22(23,24)25)7-8-19(18)28-9-11-31-12-10-28/h3-8,13H,9-12,14-15H2,1-2H3,(H,26,29)/p+1. The summed E-state index contributed by atoms with van der Waals surface area (Å²) in [6.45, 7) is 2.70. The van der Waals surface area contributed by atoms with Crippen LogP contribution >= 0.6 is 0 Å². The van der Waals surface area contributed by atoms with Gasteiger partial charge in [-0.05, 0) is 30.3 Å². The first kappa shape index (κ1) is 22.9. The van der Waals surface area contributed by atoms with Crippen molar-refractivity contribution in [2.24, 2.45) is 0 Å². The lowest BCUT2D eigenvalue weighted by atomic mass is 10.1. The Labute approximate surface area is 179 Å². The largest absolute Gasteiger partial charge is 0.496 e. The Kier molecular flexibility index (Phi) is 7.40. The molecule has 1 fully saturated rings. The molecule has 2 N–H and O–H groups in total. The Morgan fingerprint density at radius 1 is 1.19 bits per heavy atom. The number of nitrogens with one attached hydrogen (secondary N) is 2. The molecule has 9 heteroatoms. The number of quaternary nitrogens is 1. The van der Waals surface area contributed by atoms with E-state index in [2.05, 4.69) is 5.32 Å². The Morgan fingerprint density at radius 3 is 2.58 bits per heavy atom. The number of anilines is 2. The Hall–Kier alpha value is -2.78. The summed E-state index contributed by atoms with van der Waals surface area (Å²) in [6.07, 6.45) is -4.49. The van der Waals surface area contributed by atoms with Crippen molar-refractivity contribution < 1.29 is 32.3 Å². The van der Waals surface area contributed by atoms with E-state index in [9.17, 15) is 18.0 Å². The zero-order valence-electron chi connectivity index (χ0n) is 17.6. The molecule has 31 heavy (non-hydrogen) atoms. The van der Waals surface area contributed by atoms with Gasteiger partial charge in [-0.15, -0.1) is 0 Å². The van der Waals surface area contributed by atoms with E-state index in [0.29, 0.717) is 38.5 Å². The summed E-state index contributed by atoms with van der Waals surface area (Å²) in [7, 11) is 3.43. The van der Waals surface area contributed by atoms with Gasteiger partial charge >= 0.3 is 6.18 Å². The Bertz CT molecular complexity index is 899. The van der Waals surface area contributed by atoms with Crippen molar-refractivity contribution in [2.75, 3.05) is 57.2 Å². The van der Waals surface area contributed by atoms with Crippen LogP contribution in [0, 0.1) is 0 Å². The number of carbonyl (C=O) groups excluding carboxylic acids is 1. The van der Waals surface area contributed by atoms with Crippen molar-refractivity contribution >= 4 is 17.3 Å². The number of morpholine rings is 1. The molecule has 1 saturated heterocycles. The van der Waals surface area contributed by atoms with Crippen LogP contribution < -0.4 is 19.9 Å². The predicted octanol–water partition coefficient (Wildman–Crippen LogP) is 2.20. The van der Waals surface area contributed by atoms with Crippen LogP contribution in [0.3, 0.4) is 0 Å². The fourth-order valence-electron chi connectivity index (χ4n) is 3.60. The molecule has 2 aromatic rings. The summed E-state index contributed by atoms with van der Waals surface area (Å²) in [5, 5.41) is 2.69. The number of halogens is 3. The molecule has 6 nitrogen and oxygen atoms in total. The number of para-hydroxylation sites is 1. The summed E-state index contributed by atoms with van der Waals surface area (Å²) < 4.78 is 50.4. The molecule has 3 rings (SSSR count). The molecule has 1 heterocycles. The first-order valence-electron chi connectivity index (χ1n) is 10.0. The molecular formula is C22H27F3N3O3+. The number of hydrogen-bond donors (Lipinski definition) is 2. The van der Waals surface area contributed by atoms with E-state index < -0.39 is 11.7 Å². The number of hydrogen-bond acceptors (Lipinski definition) is 4. The molecule has 1 aliphatic rings. The minimum Gasteiger partial charge on any atom is -0.496 e. The van der Waals surface area contributed by atoms with Crippen LogP contribution in [0.2, 0.25) is 0 Å². The van der Waals surface area contributed by atoms with E-state index in [4.69, 9.17) is 9.47 Å². The van der Waals surface area contributed by atoms with Gasteiger partial charge in [0.05, 0.1) is 44.3 Å². The number of amides is 1. The van der Waals surface area contributed by atoms with Gasteiger partial charge in [-0.2, -0.15) is 13.2 Å². The molecular weight excluding hydrogens is 411 g/mol. The van der Waals surface area contributed by atoms with Gasteiger partial charge in [0, 0.05) is 18.7 Å². The minimum absolute atomic E-state index is 0.0941. The lowest BCUT2D eigenvalue weighted by molar-refractivity contribution is -0.885. The van der Waals surface area contributed by atoms with Crippen LogP contribution in [-0.2, 0) is 22.3 Å². The summed E-state index contributed by atoms with van der Waals surface area (Å²) in [5.74, 6) is 0.371. The number of ether oxygens (including phenoxy) is 2. The smallest absolute Gasteiger partial charge is 0.416 e. The normalized spacial score (nSPS) is 15.5. The van der Waals surface area contributed by atoms with Crippen molar-refractivity contribution in [3.8, 4) is 5.75 Å². The number of likely N-dealkylation sites (N-methyl/N-ethyl adjacent to an activating group) is 1. The molecule has 2 aromatic carbocycles. The molecule has 0 radical (unpaired) electrons. The fourth-order valence-corrected chi connectivity index (χ4v) is 3.60. The van der Waals surface area contributed by atoms with Gasteiger partial charge in [-0.3, -0.25) is 4.79 Å². The van der Waals surface area contributed by atoms with E-state index in [-0.39, 0.29) is 18.1 Å². The highest BCUT2D eigenvalue weighted by atomic mass is 19.4. The molecule has 168 valence electrons. The Balaban J connectivity index is 1.73. The molecule has 0 bridgehead atoms. The van der Waals surface area contributed by atoms with Gasteiger partial charge in [0.25, 0.3) is 5.91 Å². The van der Waals surface area contributed by atoms with Crippen molar-refractivity contribution in [2.45, 2.75) is 12.7 Å². The average molecular weight is 438 g/mol. The number of nitrogens with zero attached hydrogens (tertiary/aromatic N) is 1. The molecule has 0 spiro atoms. The third kappa shape index (κ3) is 6.11. The topological polar surface area (TPSA) is 55.2 Å². The second kappa shape index (κ2) is 10.0. The van der Waals surface area contributed by atoms with E-state index in [1.54, 1.807) is 7.11 Å².